The van der Waals surface area contributed by atoms with E-state index in [4.69, 9.17) is 9.97 Å². The summed E-state index contributed by atoms with van der Waals surface area (Å²) in [5.74, 6) is 3.88. The summed E-state index contributed by atoms with van der Waals surface area (Å²) in [4.78, 5) is 16.9. The van der Waals surface area contributed by atoms with Crippen LogP contribution in [-0.2, 0) is 12.8 Å². The van der Waals surface area contributed by atoms with Crippen LogP contribution in [0.15, 0.2) is 48.8 Å². The third-order valence-corrected chi connectivity index (χ3v) is 10.9. The van der Waals surface area contributed by atoms with Crippen LogP contribution >= 0.6 is 0 Å². The lowest BCUT2D eigenvalue weighted by Crippen LogP contribution is -2.24. The number of fused-ring (bicyclic) bond motifs is 4. The molecule has 0 bridgehead atoms. The van der Waals surface area contributed by atoms with Crippen molar-refractivity contribution in [1.82, 2.24) is 30.6 Å². The second-order valence-corrected chi connectivity index (χ2v) is 13.2. The van der Waals surface area contributed by atoms with E-state index in [1.54, 1.807) is 0 Å². The molecule has 2 aromatic heterocycles. The Morgan fingerprint density at radius 1 is 0.575 bits per heavy atom. The molecule has 6 heteroatoms. The molecule has 4 N–H and O–H groups in total. The SMILES string of the molecule is c1cc2c(cc1-c1cnc([C@@H]3C[C@@H]4CCC[C@@H]4N3)[nH]1)Cc1ccc(-c3cnc([C@@H]4C[C@@H]5CCC[C@@H]5N4)[nH]3)cc1C2. The fraction of sp³-hybridized carbons (Fsp3) is 0.471. The highest BCUT2D eigenvalue weighted by atomic mass is 15.1. The number of benzene rings is 2. The van der Waals surface area contributed by atoms with Gasteiger partial charge in [-0.05, 0) is 109 Å². The first-order valence-corrected chi connectivity index (χ1v) is 15.6. The maximum atomic E-state index is 4.80. The molecule has 5 aliphatic rings. The molecular weight excluding hydrogens is 492 g/mol. The van der Waals surface area contributed by atoms with Gasteiger partial charge in [0.05, 0.1) is 35.9 Å². The maximum absolute atomic E-state index is 4.80. The lowest BCUT2D eigenvalue weighted by molar-refractivity contribution is 0.516. The van der Waals surface area contributed by atoms with Crippen molar-refractivity contribution in [3.05, 3.63) is 82.7 Å². The van der Waals surface area contributed by atoms with E-state index < -0.39 is 0 Å². The number of aromatic nitrogens is 4. The highest BCUT2D eigenvalue weighted by Crippen LogP contribution is 2.41. The number of H-pyrrole nitrogens is 2. The number of nitrogens with zero attached hydrogens (tertiary/aromatic N) is 2. The van der Waals surface area contributed by atoms with Gasteiger partial charge in [0.15, 0.2) is 0 Å². The predicted octanol–water partition coefficient (Wildman–Crippen LogP) is 6.37. The summed E-state index contributed by atoms with van der Waals surface area (Å²) in [5, 5.41) is 7.66. The van der Waals surface area contributed by atoms with Crippen LogP contribution in [-0.4, -0.2) is 32.0 Å². The minimum atomic E-state index is 0.378. The van der Waals surface area contributed by atoms with E-state index >= 15 is 0 Å². The van der Waals surface area contributed by atoms with Crippen molar-refractivity contribution in [3.8, 4) is 22.5 Å². The van der Waals surface area contributed by atoms with Gasteiger partial charge in [0.2, 0.25) is 0 Å². The molecule has 6 nitrogen and oxygen atoms in total. The summed E-state index contributed by atoms with van der Waals surface area (Å²) in [6, 6.07) is 16.1. The zero-order valence-electron chi connectivity index (χ0n) is 23.0. The Hall–Kier alpha value is -3.22. The highest BCUT2D eigenvalue weighted by molar-refractivity contribution is 5.65. The standard InChI is InChI=1S/C34H38N6/c1-3-21-15-29(37-27(21)5-1)33-35-17-31(39-33)23-9-7-19-12-26-14-24(10-8-20(26)11-25(19)13-23)32-18-36-34(40-32)30-16-22-4-2-6-28(22)38-30/h7-10,13-14,17-18,21-22,27-30,37-38H,1-6,11-12,15-16H2,(H,35,39)(H,36,40)/t21-,22-,27-,28-,29-,30-/m0/s1. The largest absolute Gasteiger partial charge is 0.341 e. The first kappa shape index (κ1) is 23.5. The average Bonchev–Trinajstić information content (AvgIpc) is 3.78. The zero-order chi connectivity index (χ0) is 26.2. The van der Waals surface area contributed by atoms with Crippen LogP contribution in [0.3, 0.4) is 0 Å². The molecule has 0 amide bonds. The fourth-order valence-corrected chi connectivity index (χ4v) is 8.71. The molecule has 4 fully saturated rings. The topological polar surface area (TPSA) is 81.4 Å². The number of hydrogen-bond acceptors (Lipinski definition) is 4. The second-order valence-electron chi connectivity index (χ2n) is 13.2. The molecule has 40 heavy (non-hydrogen) atoms. The zero-order valence-corrected chi connectivity index (χ0v) is 23.0. The van der Waals surface area contributed by atoms with Gasteiger partial charge in [-0.15, -0.1) is 0 Å². The average molecular weight is 531 g/mol. The highest BCUT2D eigenvalue weighted by Gasteiger charge is 2.39. The van der Waals surface area contributed by atoms with Crippen molar-refractivity contribution >= 4 is 0 Å². The molecule has 4 aromatic rings. The van der Waals surface area contributed by atoms with Crippen LogP contribution in [0.1, 0.15) is 97.4 Å². The van der Waals surface area contributed by atoms with Crippen LogP contribution in [0.25, 0.3) is 22.5 Å². The molecule has 2 aromatic carbocycles. The number of aromatic amines is 2. The molecule has 0 unspecified atom stereocenters. The van der Waals surface area contributed by atoms with Crippen LogP contribution in [0.2, 0.25) is 0 Å². The number of hydrogen-bond donors (Lipinski definition) is 4. The Balaban J connectivity index is 0.919. The molecule has 204 valence electrons. The van der Waals surface area contributed by atoms with E-state index in [2.05, 4.69) is 57.0 Å². The van der Waals surface area contributed by atoms with Crippen LogP contribution in [0.5, 0.6) is 0 Å². The molecule has 4 heterocycles. The molecule has 2 saturated heterocycles. The Bertz CT molecular complexity index is 1440. The first-order valence-electron chi connectivity index (χ1n) is 15.6. The second kappa shape index (κ2) is 9.15. The van der Waals surface area contributed by atoms with Crippen molar-refractivity contribution < 1.29 is 0 Å². The normalized spacial score (nSPS) is 30.3. The Kier molecular flexibility index (Phi) is 5.37. The molecule has 0 spiro atoms. The third kappa shape index (κ3) is 3.91. The summed E-state index contributed by atoms with van der Waals surface area (Å²) >= 11 is 0. The van der Waals surface area contributed by atoms with Gasteiger partial charge in [-0.1, -0.05) is 37.1 Å². The monoisotopic (exact) mass is 530 g/mol. The first-order chi connectivity index (χ1) is 19.7. The minimum Gasteiger partial charge on any atom is -0.341 e. The van der Waals surface area contributed by atoms with Crippen LogP contribution < -0.4 is 10.6 Å². The predicted molar refractivity (Wildman–Crippen MR) is 157 cm³/mol. The van der Waals surface area contributed by atoms with Gasteiger partial charge >= 0.3 is 0 Å². The number of nitrogens with one attached hydrogen (secondary N) is 4. The van der Waals surface area contributed by atoms with E-state index in [1.807, 2.05) is 12.4 Å². The maximum Gasteiger partial charge on any atom is 0.123 e. The van der Waals surface area contributed by atoms with Gasteiger partial charge in [-0.3, -0.25) is 0 Å². The van der Waals surface area contributed by atoms with E-state index in [-0.39, 0.29) is 0 Å². The number of imidazole rings is 2. The quantitative estimate of drug-likeness (QED) is 0.218. The van der Waals surface area contributed by atoms with E-state index in [0.717, 1.165) is 47.7 Å². The van der Waals surface area contributed by atoms with Gasteiger partial charge in [-0.2, -0.15) is 0 Å². The summed E-state index contributed by atoms with van der Waals surface area (Å²) < 4.78 is 0. The van der Waals surface area contributed by atoms with Crippen molar-refractivity contribution in [3.63, 3.8) is 0 Å². The Labute approximate surface area is 235 Å². The van der Waals surface area contributed by atoms with Crippen molar-refractivity contribution in [1.29, 1.82) is 0 Å². The molecule has 2 saturated carbocycles. The fourth-order valence-electron chi connectivity index (χ4n) is 8.71. The van der Waals surface area contributed by atoms with Crippen molar-refractivity contribution in [2.75, 3.05) is 0 Å². The molecule has 2 aliphatic heterocycles. The summed E-state index contributed by atoms with van der Waals surface area (Å²) in [7, 11) is 0. The van der Waals surface area contributed by atoms with Gasteiger partial charge in [0.25, 0.3) is 0 Å². The number of rotatable bonds is 4. The van der Waals surface area contributed by atoms with Crippen molar-refractivity contribution in [2.24, 2.45) is 11.8 Å². The van der Waals surface area contributed by atoms with Gasteiger partial charge in [0, 0.05) is 12.1 Å². The van der Waals surface area contributed by atoms with Crippen LogP contribution in [0.4, 0.5) is 0 Å². The molecule has 6 atom stereocenters. The van der Waals surface area contributed by atoms with Gasteiger partial charge in [0.1, 0.15) is 11.6 Å². The molecular formula is C34H38N6. The Morgan fingerprint density at radius 3 is 1.55 bits per heavy atom. The minimum absolute atomic E-state index is 0.378. The van der Waals surface area contributed by atoms with E-state index in [0.29, 0.717) is 24.2 Å². The molecule has 9 rings (SSSR count). The lowest BCUT2D eigenvalue weighted by Gasteiger charge is -2.21. The molecule has 3 aliphatic carbocycles. The van der Waals surface area contributed by atoms with Gasteiger partial charge < -0.3 is 20.6 Å². The summed E-state index contributed by atoms with van der Waals surface area (Å²) in [5.41, 5.74) is 10.5. The van der Waals surface area contributed by atoms with E-state index in [1.165, 1.54) is 84.7 Å². The van der Waals surface area contributed by atoms with Gasteiger partial charge in [-0.25, -0.2) is 9.97 Å². The van der Waals surface area contributed by atoms with Crippen molar-refractivity contribution in [2.45, 2.75) is 88.4 Å². The van der Waals surface area contributed by atoms with Crippen LogP contribution in [0, 0.1) is 11.8 Å². The third-order valence-electron chi connectivity index (χ3n) is 10.9. The smallest absolute Gasteiger partial charge is 0.123 e. The lowest BCUT2D eigenvalue weighted by atomic mass is 9.84. The summed E-state index contributed by atoms with van der Waals surface area (Å²) in [6.07, 6.45) is 16.6. The molecule has 0 radical (unpaired) electrons. The van der Waals surface area contributed by atoms with E-state index in [9.17, 15) is 0 Å². The summed E-state index contributed by atoms with van der Waals surface area (Å²) in [6.45, 7) is 0. The Morgan fingerprint density at radius 2 is 1.07 bits per heavy atom.